The van der Waals surface area contributed by atoms with Gasteiger partial charge in [-0.25, -0.2) is 8.42 Å². The molecule has 1 N–H and O–H groups in total. The Morgan fingerprint density at radius 3 is 2.53 bits per heavy atom. The summed E-state index contributed by atoms with van der Waals surface area (Å²) in [5.74, 6) is 0. The van der Waals surface area contributed by atoms with E-state index in [9.17, 15) is 8.42 Å². The number of hydrogen-bond donors (Lipinski definition) is 1. The lowest BCUT2D eigenvalue weighted by Gasteiger charge is -2.22. The van der Waals surface area contributed by atoms with E-state index in [0.717, 1.165) is 10.2 Å². The molecule has 6 heteroatoms. The second kappa shape index (κ2) is 5.46. The molecule has 1 aromatic heterocycles. The smallest absolute Gasteiger partial charge is 0.153 e. The van der Waals surface area contributed by atoms with Crippen molar-refractivity contribution in [3.8, 4) is 0 Å². The summed E-state index contributed by atoms with van der Waals surface area (Å²) in [4.78, 5) is 4.20. The third-order valence-electron chi connectivity index (χ3n) is 2.65. The Hall–Kier alpha value is -0.460. The number of hydrogen-bond acceptors (Lipinski definition) is 4. The first-order chi connectivity index (χ1) is 7.72. The van der Waals surface area contributed by atoms with Crippen LogP contribution < -0.4 is 5.32 Å². The van der Waals surface area contributed by atoms with E-state index < -0.39 is 14.6 Å². The summed E-state index contributed by atoms with van der Waals surface area (Å²) in [6.07, 6.45) is 2.98. The van der Waals surface area contributed by atoms with Crippen LogP contribution in [-0.2, 0) is 16.4 Å². The highest BCUT2D eigenvalue weighted by molar-refractivity contribution is 9.10. The van der Waals surface area contributed by atoms with Crippen molar-refractivity contribution >= 4 is 25.8 Å². The van der Waals surface area contributed by atoms with Crippen LogP contribution >= 0.6 is 15.9 Å². The number of sulfone groups is 1. The highest BCUT2D eigenvalue weighted by Gasteiger charge is 2.29. The molecular weight excluding hydrogens is 304 g/mol. The minimum Gasteiger partial charge on any atom is -0.310 e. The van der Waals surface area contributed by atoms with E-state index in [0.29, 0.717) is 13.1 Å². The lowest BCUT2D eigenvalue weighted by Crippen LogP contribution is -2.41. The van der Waals surface area contributed by atoms with Crippen molar-refractivity contribution in [1.29, 1.82) is 0 Å². The molecule has 4 nitrogen and oxygen atoms in total. The third kappa shape index (κ3) is 4.37. The van der Waals surface area contributed by atoms with Crippen molar-refractivity contribution in [2.24, 2.45) is 0 Å². The fraction of sp³-hybridized carbons (Fsp3) is 0.545. The molecule has 0 amide bonds. The molecule has 1 heterocycles. The van der Waals surface area contributed by atoms with Gasteiger partial charge in [0.1, 0.15) is 0 Å². The summed E-state index contributed by atoms with van der Waals surface area (Å²) < 4.78 is 23.1. The molecule has 0 saturated carbocycles. The lowest BCUT2D eigenvalue weighted by molar-refractivity contribution is 0.519. The SMILES string of the molecule is CC(C)(CNCc1ccc(Br)cn1)S(C)(=O)=O. The standard InChI is InChI=1S/C11H17BrN2O2S/c1-11(2,17(3,15)16)8-13-7-10-5-4-9(12)6-14-10/h4-6,13H,7-8H2,1-3H3. The van der Waals surface area contributed by atoms with Crippen LogP contribution in [-0.4, -0.2) is 30.9 Å². The van der Waals surface area contributed by atoms with Crippen LogP contribution in [0.25, 0.3) is 0 Å². The van der Waals surface area contributed by atoms with Gasteiger partial charge in [-0.1, -0.05) is 0 Å². The molecule has 0 fully saturated rings. The average molecular weight is 321 g/mol. The fourth-order valence-corrected chi connectivity index (χ4v) is 1.73. The van der Waals surface area contributed by atoms with Gasteiger partial charge < -0.3 is 5.32 Å². The first-order valence-corrected chi connectivity index (χ1v) is 7.91. The van der Waals surface area contributed by atoms with Gasteiger partial charge in [0.15, 0.2) is 9.84 Å². The molecule has 0 aliphatic heterocycles. The van der Waals surface area contributed by atoms with Crippen molar-refractivity contribution in [3.63, 3.8) is 0 Å². The summed E-state index contributed by atoms with van der Waals surface area (Å²) in [6.45, 7) is 4.39. The van der Waals surface area contributed by atoms with Crippen LogP contribution in [0.15, 0.2) is 22.8 Å². The molecule has 0 aliphatic rings. The average Bonchev–Trinajstić information content (AvgIpc) is 2.19. The van der Waals surface area contributed by atoms with Crippen LogP contribution in [0.5, 0.6) is 0 Å². The molecule has 96 valence electrons. The van der Waals surface area contributed by atoms with Gasteiger partial charge in [0.25, 0.3) is 0 Å². The Bertz CT molecular complexity index is 469. The third-order valence-corrected chi connectivity index (χ3v) is 5.27. The van der Waals surface area contributed by atoms with E-state index in [4.69, 9.17) is 0 Å². The molecule has 0 aliphatic carbocycles. The van der Waals surface area contributed by atoms with Gasteiger partial charge >= 0.3 is 0 Å². The Balaban J connectivity index is 2.51. The molecule has 0 spiro atoms. The van der Waals surface area contributed by atoms with Crippen molar-refractivity contribution in [2.45, 2.75) is 25.1 Å². The van der Waals surface area contributed by atoms with E-state index in [-0.39, 0.29) is 0 Å². The zero-order valence-corrected chi connectivity index (χ0v) is 12.6. The Morgan fingerprint density at radius 2 is 2.06 bits per heavy atom. The molecule has 17 heavy (non-hydrogen) atoms. The number of nitrogens with one attached hydrogen (secondary N) is 1. The lowest BCUT2D eigenvalue weighted by atomic mass is 10.2. The molecule has 0 aromatic carbocycles. The quantitative estimate of drug-likeness (QED) is 0.898. The van der Waals surface area contributed by atoms with Crippen LogP contribution in [0.3, 0.4) is 0 Å². The number of pyridine rings is 1. The highest BCUT2D eigenvalue weighted by atomic mass is 79.9. The van der Waals surface area contributed by atoms with E-state index >= 15 is 0 Å². The van der Waals surface area contributed by atoms with Crippen molar-refractivity contribution in [2.75, 3.05) is 12.8 Å². The molecule has 0 saturated heterocycles. The highest BCUT2D eigenvalue weighted by Crippen LogP contribution is 2.13. The van der Waals surface area contributed by atoms with Gasteiger partial charge in [-0.2, -0.15) is 0 Å². The van der Waals surface area contributed by atoms with Gasteiger partial charge in [-0.15, -0.1) is 0 Å². The van der Waals surface area contributed by atoms with Gasteiger partial charge in [0.05, 0.1) is 10.4 Å². The topological polar surface area (TPSA) is 59.1 Å². The maximum Gasteiger partial charge on any atom is 0.153 e. The van der Waals surface area contributed by atoms with E-state index in [1.54, 1.807) is 20.0 Å². The normalized spacial score (nSPS) is 12.7. The number of halogens is 1. The van der Waals surface area contributed by atoms with Crippen LogP contribution in [0.4, 0.5) is 0 Å². The summed E-state index contributed by atoms with van der Waals surface area (Å²) in [5, 5.41) is 3.11. The second-order valence-electron chi connectivity index (χ2n) is 4.60. The van der Waals surface area contributed by atoms with Crippen LogP contribution in [0, 0.1) is 0 Å². The molecule has 0 bridgehead atoms. The van der Waals surface area contributed by atoms with E-state index in [1.165, 1.54) is 6.26 Å². The zero-order valence-electron chi connectivity index (χ0n) is 10.2. The van der Waals surface area contributed by atoms with Crippen molar-refractivity contribution in [1.82, 2.24) is 10.3 Å². The van der Waals surface area contributed by atoms with Crippen LogP contribution in [0.1, 0.15) is 19.5 Å². The van der Waals surface area contributed by atoms with Crippen molar-refractivity contribution in [3.05, 3.63) is 28.5 Å². The Kier molecular flexibility index (Phi) is 4.69. The number of nitrogens with zero attached hydrogens (tertiary/aromatic N) is 1. The Morgan fingerprint density at radius 1 is 1.41 bits per heavy atom. The minimum atomic E-state index is -3.05. The maximum absolute atomic E-state index is 11.5. The molecule has 1 rings (SSSR count). The van der Waals surface area contributed by atoms with Gasteiger partial charge in [0.2, 0.25) is 0 Å². The molecule has 1 aromatic rings. The molecule has 0 unspecified atom stereocenters. The Labute approximate surface area is 111 Å². The maximum atomic E-state index is 11.5. The van der Waals surface area contributed by atoms with E-state index in [2.05, 4.69) is 26.2 Å². The molecule has 0 atom stereocenters. The zero-order chi connectivity index (χ0) is 13.1. The van der Waals surface area contributed by atoms with Crippen molar-refractivity contribution < 1.29 is 8.42 Å². The number of aromatic nitrogens is 1. The van der Waals surface area contributed by atoms with Gasteiger partial charge in [-0.3, -0.25) is 4.98 Å². The largest absolute Gasteiger partial charge is 0.310 e. The monoisotopic (exact) mass is 320 g/mol. The molecular formula is C11H17BrN2O2S. The second-order valence-corrected chi connectivity index (χ2v) is 8.17. The first-order valence-electron chi connectivity index (χ1n) is 5.23. The predicted octanol–water partition coefficient (Wildman–Crippen LogP) is 1.76. The molecule has 0 radical (unpaired) electrons. The minimum absolute atomic E-state index is 0.406. The van der Waals surface area contributed by atoms with E-state index in [1.807, 2.05) is 12.1 Å². The van der Waals surface area contributed by atoms with Crippen LogP contribution in [0.2, 0.25) is 0 Å². The summed E-state index contributed by atoms with van der Waals surface area (Å²) >= 11 is 3.31. The summed E-state index contributed by atoms with van der Waals surface area (Å²) in [7, 11) is -3.05. The fourth-order valence-electron chi connectivity index (χ4n) is 1.13. The first kappa shape index (κ1) is 14.6. The predicted molar refractivity (Wildman–Crippen MR) is 72.6 cm³/mol. The van der Waals surface area contributed by atoms with Gasteiger partial charge in [0, 0.05) is 30.0 Å². The van der Waals surface area contributed by atoms with Gasteiger partial charge in [-0.05, 0) is 41.9 Å². The number of rotatable bonds is 5. The summed E-state index contributed by atoms with van der Waals surface area (Å²) in [5.41, 5.74) is 0.887. The summed E-state index contributed by atoms with van der Waals surface area (Å²) in [6, 6.07) is 3.80.